The van der Waals surface area contributed by atoms with Crippen molar-refractivity contribution in [2.45, 2.75) is 18.5 Å². The summed E-state index contributed by atoms with van der Waals surface area (Å²) < 4.78 is 18.7. The van der Waals surface area contributed by atoms with Crippen molar-refractivity contribution in [3.8, 4) is 0 Å². The van der Waals surface area contributed by atoms with Gasteiger partial charge in [-0.2, -0.15) is 0 Å². The first kappa shape index (κ1) is 10.1. The van der Waals surface area contributed by atoms with E-state index in [2.05, 4.69) is 9.72 Å². The van der Waals surface area contributed by atoms with Crippen LogP contribution >= 0.6 is 0 Å². The molecule has 0 atom stereocenters. The summed E-state index contributed by atoms with van der Waals surface area (Å²) in [5.41, 5.74) is -0.849. The minimum absolute atomic E-state index is 0.200. The Bertz CT molecular complexity index is 360. The van der Waals surface area contributed by atoms with Crippen LogP contribution in [0, 0.1) is 5.92 Å². The Hall–Kier alpha value is -1.45. The van der Waals surface area contributed by atoms with E-state index in [1.165, 1.54) is 13.3 Å². The van der Waals surface area contributed by atoms with Crippen LogP contribution in [0.15, 0.2) is 24.5 Å². The molecule has 0 saturated heterocycles. The summed E-state index contributed by atoms with van der Waals surface area (Å²) in [5.74, 6) is -0.632. The van der Waals surface area contributed by atoms with Crippen LogP contribution in [0.5, 0.6) is 0 Å². The number of rotatable bonds is 2. The van der Waals surface area contributed by atoms with Crippen molar-refractivity contribution in [3.05, 3.63) is 30.1 Å². The zero-order valence-electron chi connectivity index (χ0n) is 8.44. The van der Waals surface area contributed by atoms with Crippen molar-refractivity contribution in [3.63, 3.8) is 0 Å². The van der Waals surface area contributed by atoms with Crippen LogP contribution in [0.2, 0.25) is 0 Å². The van der Waals surface area contributed by atoms with Gasteiger partial charge in [-0.1, -0.05) is 6.07 Å². The van der Waals surface area contributed by atoms with Crippen LogP contribution in [-0.4, -0.2) is 18.1 Å². The molecule has 4 heteroatoms. The van der Waals surface area contributed by atoms with Gasteiger partial charge in [-0.05, 0) is 18.9 Å². The molecule has 1 aromatic rings. The van der Waals surface area contributed by atoms with Gasteiger partial charge in [0.1, 0.15) is 5.67 Å². The smallest absolute Gasteiger partial charge is 0.308 e. The van der Waals surface area contributed by atoms with Crippen molar-refractivity contribution in [1.29, 1.82) is 0 Å². The van der Waals surface area contributed by atoms with Gasteiger partial charge in [0.05, 0.1) is 13.0 Å². The number of hydrogen-bond acceptors (Lipinski definition) is 3. The van der Waals surface area contributed by atoms with E-state index in [0.717, 1.165) is 0 Å². The number of nitrogens with zero attached hydrogens (tertiary/aromatic N) is 1. The Balaban J connectivity index is 2.06. The largest absolute Gasteiger partial charge is 0.469 e. The highest BCUT2D eigenvalue weighted by atomic mass is 19.1. The SMILES string of the molecule is COC(=O)C1CC(F)(c2cccnc2)C1. The van der Waals surface area contributed by atoms with Gasteiger partial charge in [0, 0.05) is 18.0 Å². The second-order valence-corrected chi connectivity index (χ2v) is 3.84. The summed E-state index contributed by atoms with van der Waals surface area (Å²) in [6.07, 6.45) is 3.51. The molecular weight excluding hydrogens is 197 g/mol. The number of carbonyl (C=O) groups is 1. The van der Waals surface area contributed by atoms with Gasteiger partial charge in [-0.25, -0.2) is 4.39 Å². The second kappa shape index (κ2) is 3.61. The fourth-order valence-electron chi connectivity index (χ4n) is 1.92. The zero-order chi connectivity index (χ0) is 10.9. The molecule has 1 fully saturated rings. The summed E-state index contributed by atoms with van der Waals surface area (Å²) in [7, 11) is 1.32. The molecule has 0 aliphatic heterocycles. The van der Waals surface area contributed by atoms with Crippen molar-refractivity contribution >= 4 is 5.97 Å². The molecule has 0 unspecified atom stereocenters. The molecule has 0 N–H and O–H groups in total. The number of aromatic nitrogens is 1. The maximum atomic E-state index is 14.1. The first-order valence-electron chi connectivity index (χ1n) is 4.83. The number of esters is 1. The minimum Gasteiger partial charge on any atom is -0.469 e. The summed E-state index contributed by atoms with van der Waals surface area (Å²) >= 11 is 0. The molecule has 1 heterocycles. The Kier molecular flexibility index (Phi) is 2.42. The molecule has 1 aliphatic rings. The van der Waals surface area contributed by atoms with Gasteiger partial charge < -0.3 is 4.74 Å². The van der Waals surface area contributed by atoms with E-state index < -0.39 is 5.67 Å². The number of halogens is 1. The highest BCUT2D eigenvalue weighted by Gasteiger charge is 2.49. The van der Waals surface area contributed by atoms with Gasteiger partial charge in [0.25, 0.3) is 0 Å². The molecule has 0 radical (unpaired) electrons. The fraction of sp³-hybridized carbons (Fsp3) is 0.455. The predicted molar refractivity (Wildman–Crippen MR) is 51.8 cm³/mol. The van der Waals surface area contributed by atoms with E-state index in [1.807, 2.05) is 0 Å². The Morgan fingerprint density at radius 2 is 2.40 bits per heavy atom. The average Bonchev–Trinajstić information content (AvgIpc) is 2.25. The Morgan fingerprint density at radius 1 is 1.67 bits per heavy atom. The molecule has 1 aliphatic carbocycles. The van der Waals surface area contributed by atoms with E-state index >= 15 is 0 Å². The highest BCUT2D eigenvalue weighted by molar-refractivity contribution is 5.74. The molecule has 0 spiro atoms. The number of ether oxygens (including phenoxy) is 1. The van der Waals surface area contributed by atoms with E-state index in [9.17, 15) is 9.18 Å². The van der Waals surface area contributed by atoms with Crippen LogP contribution in [0.1, 0.15) is 18.4 Å². The van der Waals surface area contributed by atoms with Crippen LogP contribution in [-0.2, 0) is 15.2 Å². The lowest BCUT2D eigenvalue weighted by molar-refractivity contribution is -0.155. The van der Waals surface area contributed by atoms with Crippen molar-refractivity contribution in [1.82, 2.24) is 4.98 Å². The monoisotopic (exact) mass is 209 g/mol. The minimum atomic E-state index is -1.40. The van der Waals surface area contributed by atoms with Gasteiger partial charge in [0.2, 0.25) is 0 Å². The highest BCUT2D eigenvalue weighted by Crippen LogP contribution is 2.49. The summed E-state index contributed by atoms with van der Waals surface area (Å²) in [6.45, 7) is 0. The lowest BCUT2D eigenvalue weighted by Crippen LogP contribution is -2.41. The van der Waals surface area contributed by atoms with Crippen molar-refractivity contribution in [2.24, 2.45) is 5.92 Å². The van der Waals surface area contributed by atoms with E-state index in [0.29, 0.717) is 5.56 Å². The maximum absolute atomic E-state index is 14.1. The molecule has 0 amide bonds. The average molecular weight is 209 g/mol. The third-order valence-corrected chi connectivity index (χ3v) is 2.85. The van der Waals surface area contributed by atoms with Crippen LogP contribution < -0.4 is 0 Å². The molecule has 15 heavy (non-hydrogen) atoms. The van der Waals surface area contributed by atoms with E-state index in [1.54, 1.807) is 18.3 Å². The third kappa shape index (κ3) is 1.71. The fourth-order valence-corrected chi connectivity index (χ4v) is 1.92. The summed E-state index contributed by atoms with van der Waals surface area (Å²) in [5, 5.41) is 0. The molecule has 2 rings (SSSR count). The lowest BCUT2D eigenvalue weighted by Gasteiger charge is -2.39. The molecule has 80 valence electrons. The molecular formula is C11H12FNO2. The van der Waals surface area contributed by atoms with Gasteiger partial charge >= 0.3 is 5.97 Å². The number of carbonyl (C=O) groups excluding carboxylic acids is 1. The van der Waals surface area contributed by atoms with Gasteiger partial charge in [-0.15, -0.1) is 0 Å². The number of hydrogen-bond donors (Lipinski definition) is 0. The van der Waals surface area contributed by atoms with E-state index in [-0.39, 0.29) is 24.7 Å². The van der Waals surface area contributed by atoms with Crippen molar-refractivity contribution < 1.29 is 13.9 Å². The van der Waals surface area contributed by atoms with Crippen molar-refractivity contribution in [2.75, 3.05) is 7.11 Å². The zero-order valence-corrected chi connectivity index (χ0v) is 8.44. The van der Waals surface area contributed by atoms with Gasteiger partial charge in [-0.3, -0.25) is 9.78 Å². The number of alkyl halides is 1. The Labute approximate surface area is 87.3 Å². The molecule has 0 aromatic carbocycles. The topological polar surface area (TPSA) is 39.2 Å². The van der Waals surface area contributed by atoms with Crippen LogP contribution in [0.4, 0.5) is 4.39 Å². The van der Waals surface area contributed by atoms with Crippen LogP contribution in [0.25, 0.3) is 0 Å². The first-order chi connectivity index (χ1) is 7.15. The van der Waals surface area contributed by atoms with Crippen LogP contribution in [0.3, 0.4) is 0 Å². The molecule has 1 aromatic heterocycles. The number of pyridine rings is 1. The second-order valence-electron chi connectivity index (χ2n) is 3.84. The Morgan fingerprint density at radius 3 is 2.93 bits per heavy atom. The maximum Gasteiger partial charge on any atom is 0.308 e. The predicted octanol–water partition coefficient (Wildman–Crippen LogP) is 1.83. The van der Waals surface area contributed by atoms with E-state index in [4.69, 9.17) is 0 Å². The lowest BCUT2D eigenvalue weighted by atomic mass is 9.69. The summed E-state index contributed by atoms with van der Waals surface area (Å²) in [4.78, 5) is 15.0. The molecule has 0 bridgehead atoms. The number of methoxy groups -OCH3 is 1. The quantitative estimate of drug-likeness (QED) is 0.697. The molecule has 3 nitrogen and oxygen atoms in total. The molecule has 1 saturated carbocycles. The third-order valence-electron chi connectivity index (χ3n) is 2.85. The normalized spacial score (nSPS) is 29.3. The van der Waals surface area contributed by atoms with Gasteiger partial charge in [0.15, 0.2) is 0 Å². The summed E-state index contributed by atoms with van der Waals surface area (Å²) in [6, 6.07) is 3.39. The first-order valence-corrected chi connectivity index (χ1v) is 4.83. The standard InChI is InChI=1S/C11H12FNO2/c1-15-10(14)8-5-11(12,6-8)9-3-2-4-13-7-9/h2-4,7-8H,5-6H2,1H3.